The van der Waals surface area contributed by atoms with E-state index >= 15 is 0 Å². The van der Waals surface area contributed by atoms with Gasteiger partial charge in [0, 0.05) is 19.2 Å². The second-order valence-electron chi connectivity index (χ2n) is 6.32. The van der Waals surface area contributed by atoms with Crippen LogP contribution in [0.3, 0.4) is 0 Å². The Morgan fingerprint density at radius 1 is 1.08 bits per heavy atom. The topological polar surface area (TPSA) is 58.6 Å². The molecule has 0 spiro atoms. The maximum atomic E-state index is 12.3. The standard InChI is InChI=1S/C21H26N2O3/c1-5-26-19-10-8-17(9-11-19)21(25)22-13-20(24)23(4)14-18-7-6-15(2)12-16(18)3/h6-12H,5,13-14H2,1-4H3,(H,22,25). The van der Waals surface area contributed by atoms with Crippen LogP contribution in [0.5, 0.6) is 5.75 Å². The third-order valence-electron chi connectivity index (χ3n) is 4.16. The van der Waals surface area contributed by atoms with Crippen molar-refractivity contribution in [3.05, 3.63) is 64.7 Å². The Labute approximate surface area is 155 Å². The summed E-state index contributed by atoms with van der Waals surface area (Å²) in [5.74, 6) is 0.305. The highest BCUT2D eigenvalue weighted by Crippen LogP contribution is 2.13. The summed E-state index contributed by atoms with van der Waals surface area (Å²) >= 11 is 0. The van der Waals surface area contributed by atoms with E-state index in [-0.39, 0.29) is 18.4 Å². The molecule has 2 aromatic carbocycles. The smallest absolute Gasteiger partial charge is 0.251 e. The van der Waals surface area contributed by atoms with Crippen LogP contribution >= 0.6 is 0 Å². The zero-order valence-corrected chi connectivity index (χ0v) is 15.8. The molecule has 26 heavy (non-hydrogen) atoms. The molecule has 0 heterocycles. The molecule has 0 aliphatic rings. The lowest BCUT2D eigenvalue weighted by Crippen LogP contribution is -2.37. The maximum Gasteiger partial charge on any atom is 0.251 e. The summed E-state index contributed by atoms with van der Waals surface area (Å²) in [6.45, 7) is 7.04. The first-order chi connectivity index (χ1) is 12.4. The van der Waals surface area contributed by atoms with Crippen LogP contribution < -0.4 is 10.1 Å². The Morgan fingerprint density at radius 2 is 1.77 bits per heavy atom. The average Bonchev–Trinajstić information content (AvgIpc) is 2.62. The van der Waals surface area contributed by atoms with Gasteiger partial charge >= 0.3 is 0 Å². The quantitative estimate of drug-likeness (QED) is 0.831. The van der Waals surface area contributed by atoms with Gasteiger partial charge in [0.25, 0.3) is 5.91 Å². The van der Waals surface area contributed by atoms with E-state index in [0.29, 0.717) is 24.5 Å². The lowest BCUT2D eigenvalue weighted by atomic mass is 10.1. The van der Waals surface area contributed by atoms with Gasteiger partial charge in [-0.05, 0) is 56.2 Å². The van der Waals surface area contributed by atoms with Crippen LogP contribution in [0.2, 0.25) is 0 Å². The number of nitrogens with one attached hydrogen (secondary N) is 1. The van der Waals surface area contributed by atoms with Crippen LogP contribution in [0.1, 0.15) is 34.0 Å². The number of amides is 2. The van der Waals surface area contributed by atoms with E-state index in [1.165, 1.54) is 5.56 Å². The van der Waals surface area contributed by atoms with E-state index < -0.39 is 0 Å². The van der Waals surface area contributed by atoms with Crippen LogP contribution in [-0.4, -0.2) is 36.9 Å². The average molecular weight is 354 g/mol. The van der Waals surface area contributed by atoms with Crippen molar-refractivity contribution in [1.82, 2.24) is 10.2 Å². The van der Waals surface area contributed by atoms with Gasteiger partial charge in [-0.2, -0.15) is 0 Å². The second kappa shape index (κ2) is 9.04. The van der Waals surface area contributed by atoms with Crippen LogP contribution in [-0.2, 0) is 11.3 Å². The molecule has 0 bridgehead atoms. The lowest BCUT2D eigenvalue weighted by molar-refractivity contribution is -0.129. The van der Waals surface area contributed by atoms with E-state index in [0.717, 1.165) is 11.1 Å². The predicted octanol–water partition coefficient (Wildman–Crippen LogP) is 3.09. The Morgan fingerprint density at radius 3 is 2.38 bits per heavy atom. The van der Waals surface area contributed by atoms with E-state index in [2.05, 4.69) is 11.4 Å². The Kier molecular flexibility index (Phi) is 6.78. The van der Waals surface area contributed by atoms with Gasteiger partial charge in [-0.25, -0.2) is 0 Å². The van der Waals surface area contributed by atoms with Crippen molar-refractivity contribution in [2.45, 2.75) is 27.3 Å². The summed E-state index contributed by atoms with van der Waals surface area (Å²) < 4.78 is 5.35. The third-order valence-corrected chi connectivity index (χ3v) is 4.16. The van der Waals surface area contributed by atoms with Gasteiger partial charge in [-0.1, -0.05) is 23.8 Å². The molecule has 0 atom stereocenters. The molecule has 1 N–H and O–H groups in total. The summed E-state index contributed by atoms with van der Waals surface area (Å²) in [5, 5.41) is 2.67. The zero-order chi connectivity index (χ0) is 19.1. The summed E-state index contributed by atoms with van der Waals surface area (Å²) in [6.07, 6.45) is 0. The van der Waals surface area contributed by atoms with Crippen molar-refractivity contribution in [3.8, 4) is 5.75 Å². The molecular weight excluding hydrogens is 328 g/mol. The van der Waals surface area contributed by atoms with Crippen molar-refractivity contribution < 1.29 is 14.3 Å². The molecule has 0 aliphatic heterocycles. The molecule has 0 saturated heterocycles. The van der Waals surface area contributed by atoms with Gasteiger partial charge in [-0.3, -0.25) is 9.59 Å². The van der Waals surface area contributed by atoms with Gasteiger partial charge in [0.1, 0.15) is 5.75 Å². The van der Waals surface area contributed by atoms with Gasteiger partial charge in [0.15, 0.2) is 0 Å². The summed E-state index contributed by atoms with van der Waals surface area (Å²) in [7, 11) is 1.74. The third kappa shape index (κ3) is 5.34. The maximum absolute atomic E-state index is 12.3. The molecule has 0 saturated carbocycles. The normalized spacial score (nSPS) is 10.3. The highest BCUT2D eigenvalue weighted by molar-refractivity contribution is 5.96. The lowest BCUT2D eigenvalue weighted by Gasteiger charge is -2.19. The van der Waals surface area contributed by atoms with Gasteiger partial charge in [0.05, 0.1) is 13.2 Å². The Balaban J connectivity index is 1.87. The number of carbonyl (C=O) groups is 2. The molecule has 0 aromatic heterocycles. The van der Waals surface area contributed by atoms with Crippen molar-refractivity contribution in [2.75, 3.05) is 20.2 Å². The fraction of sp³-hybridized carbons (Fsp3) is 0.333. The van der Waals surface area contributed by atoms with Crippen molar-refractivity contribution >= 4 is 11.8 Å². The van der Waals surface area contributed by atoms with Gasteiger partial charge < -0.3 is 15.0 Å². The largest absolute Gasteiger partial charge is 0.494 e. The predicted molar refractivity (Wildman–Crippen MR) is 102 cm³/mol. The van der Waals surface area contributed by atoms with Gasteiger partial charge in [-0.15, -0.1) is 0 Å². The fourth-order valence-electron chi connectivity index (χ4n) is 2.63. The van der Waals surface area contributed by atoms with Crippen LogP contribution in [0, 0.1) is 13.8 Å². The summed E-state index contributed by atoms with van der Waals surface area (Å²) in [4.78, 5) is 26.1. The molecule has 2 amide bonds. The minimum absolute atomic E-state index is 0.0343. The second-order valence-corrected chi connectivity index (χ2v) is 6.32. The highest BCUT2D eigenvalue weighted by Gasteiger charge is 2.13. The number of hydrogen-bond donors (Lipinski definition) is 1. The van der Waals surface area contributed by atoms with Gasteiger partial charge in [0.2, 0.25) is 5.91 Å². The van der Waals surface area contributed by atoms with E-state index in [4.69, 9.17) is 4.74 Å². The van der Waals surface area contributed by atoms with Crippen molar-refractivity contribution in [2.24, 2.45) is 0 Å². The van der Waals surface area contributed by atoms with Crippen molar-refractivity contribution in [1.29, 1.82) is 0 Å². The zero-order valence-electron chi connectivity index (χ0n) is 15.8. The Hall–Kier alpha value is -2.82. The minimum atomic E-state index is -0.277. The van der Waals surface area contributed by atoms with E-state index in [1.54, 1.807) is 36.2 Å². The SMILES string of the molecule is CCOc1ccc(C(=O)NCC(=O)N(C)Cc2ccc(C)cc2C)cc1. The first-order valence-corrected chi connectivity index (χ1v) is 8.72. The number of aryl methyl sites for hydroxylation is 2. The molecule has 0 unspecified atom stereocenters. The number of likely N-dealkylation sites (N-methyl/N-ethyl adjacent to an activating group) is 1. The molecular formula is C21H26N2O3. The number of hydrogen-bond acceptors (Lipinski definition) is 3. The number of benzene rings is 2. The molecule has 5 nitrogen and oxygen atoms in total. The van der Waals surface area contributed by atoms with E-state index in [9.17, 15) is 9.59 Å². The highest BCUT2D eigenvalue weighted by atomic mass is 16.5. The first-order valence-electron chi connectivity index (χ1n) is 8.72. The number of nitrogens with zero attached hydrogens (tertiary/aromatic N) is 1. The fourth-order valence-corrected chi connectivity index (χ4v) is 2.63. The number of rotatable bonds is 7. The molecule has 2 rings (SSSR count). The molecule has 0 fully saturated rings. The molecule has 2 aromatic rings. The first kappa shape index (κ1) is 19.5. The van der Waals surface area contributed by atoms with Crippen molar-refractivity contribution in [3.63, 3.8) is 0 Å². The monoisotopic (exact) mass is 354 g/mol. The minimum Gasteiger partial charge on any atom is -0.494 e. The van der Waals surface area contributed by atoms with Crippen LogP contribution in [0.25, 0.3) is 0 Å². The number of carbonyl (C=O) groups excluding carboxylic acids is 2. The number of ether oxygens (including phenoxy) is 1. The van der Waals surface area contributed by atoms with Crippen LogP contribution in [0.4, 0.5) is 0 Å². The Bertz CT molecular complexity index is 769. The molecule has 138 valence electrons. The summed E-state index contributed by atoms with van der Waals surface area (Å²) in [6, 6.07) is 13.0. The summed E-state index contributed by atoms with van der Waals surface area (Å²) in [5.41, 5.74) is 3.95. The molecule has 5 heteroatoms. The van der Waals surface area contributed by atoms with Crippen LogP contribution in [0.15, 0.2) is 42.5 Å². The molecule has 0 radical (unpaired) electrons. The van der Waals surface area contributed by atoms with E-state index in [1.807, 2.05) is 32.9 Å². The molecule has 0 aliphatic carbocycles.